The maximum Gasteiger partial charge on any atom is 0.157 e. The molecule has 0 fully saturated rings. The number of anilines is 1. The third kappa shape index (κ3) is 2.75. The Morgan fingerprint density at radius 2 is 1.88 bits per heavy atom. The van der Waals surface area contributed by atoms with Gasteiger partial charge in [-0.1, -0.05) is 0 Å². The number of rotatable bonds is 5. The van der Waals surface area contributed by atoms with Crippen LogP contribution in [0.3, 0.4) is 0 Å². The van der Waals surface area contributed by atoms with E-state index >= 15 is 0 Å². The average molecular weight is 236 g/mol. The van der Waals surface area contributed by atoms with Crippen molar-refractivity contribution < 1.29 is 9.53 Å². The second-order valence-electron chi connectivity index (χ2n) is 4.46. The van der Waals surface area contributed by atoms with Crippen LogP contribution in [0.1, 0.15) is 38.1 Å². The van der Waals surface area contributed by atoms with Gasteiger partial charge in [-0.15, -0.1) is 0 Å². The molecule has 0 aliphatic heterocycles. The predicted molar refractivity (Wildman–Crippen MR) is 68.9 cm³/mol. The summed E-state index contributed by atoms with van der Waals surface area (Å²) in [5.41, 5.74) is 0.511. The van der Waals surface area contributed by atoms with Crippen molar-refractivity contribution in [3.05, 3.63) is 17.8 Å². The van der Waals surface area contributed by atoms with Gasteiger partial charge in [0.2, 0.25) is 0 Å². The van der Waals surface area contributed by atoms with E-state index in [1.807, 2.05) is 0 Å². The summed E-state index contributed by atoms with van der Waals surface area (Å²) in [4.78, 5) is 17.6. The summed E-state index contributed by atoms with van der Waals surface area (Å²) in [7, 11) is 1.56. The van der Waals surface area contributed by atoms with E-state index in [4.69, 9.17) is 4.74 Å². The minimum atomic E-state index is 0.272. The largest absolute Gasteiger partial charge is 0.496 e. The van der Waals surface area contributed by atoms with Gasteiger partial charge in [0.05, 0.1) is 12.7 Å². The highest BCUT2D eigenvalue weighted by molar-refractivity contribution is 5.87. The molecule has 1 aromatic heterocycles. The van der Waals surface area contributed by atoms with Gasteiger partial charge < -0.3 is 9.64 Å². The Morgan fingerprint density at radius 3 is 2.29 bits per heavy atom. The fourth-order valence-electron chi connectivity index (χ4n) is 2.03. The van der Waals surface area contributed by atoms with Gasteiger partial charge in [0.25, 0.3) is 0 Å². The van der Waals surface area contributed by atoms with Crippen LogP contribution in [0, 0.1) is 0 Å². The van der Waals surface area contributed by atoms with E-state index in [1.165, 1.54) is 0 Å². The molecule has 0 aliphatic rings. The van der Waals surface area contributed by atoms with Gasteiger partial charge >= 0.3 is 0 Å². The van der Waals surface area contributed by atoms with Crippen molar-refractivity contribution in [3.8, 4) is 5.75 Å². The van der Waals surface area contributed by atoms with Crippen LogP contribution in [-0.4, -0.2) is 30.5 Å². The predicted octanol–water partition coefficient (Wildman–Crippen LogP) is 2.53. The van der Waals surface area contributed by atoms with Crippen LogP contribution in [0.2, 0.25) is 0 Å². The molecule has 1 aromatic rings. The standard InChI is InChI=1S/C13H20N2O2/c1-9(2)15(10(3)4)13-11(8-16)12(17-5)6-7-14-13/h6-10H,1-5H3. The van der Waals surface area contributed by atoms with Crippen molar-refractivity contribution in [2.75, 3.05) is 12.0 Å². The number of nitrogens with zero attached hydrogens (tertiary/aromatic N) is 2. The van der Waals surface area contributed by atoms with Gasteiger partial charge in [0.1, 0.15) is 11.6 Å². The number of carbonyl (C=O) groups excluding carboxylic acids is 1. The lowest BCUT2D eigenvalue weighted by atomic mass is 10.1. The summed E-state index contributed by atoms with van der Waals surface area (Å²) < 4.78 is 5.19. The van der Waals surface area contributed by atoms with Crippen LogP contribution in [0.15, 0.2) is 12.3 Å². The number of ether oxygens (including phenoxy) is 1. The Balaban J connectivity index is 3.32. The number of aldehydes is 1. The summed E-state index contributed by atoms with van der Waals surface area (Å²) in [5.74, 6) is 1.25. The van der Waals surface area contributed by atoms with Gasteiger partial charge in [-0.05, 0) is 33.8 Å². The lowest BCUT2D eigenvalue weighted by Gasteiger charge is -2.32. The number of hydrogen-bond acceptors (Lipinski definition) is 4. The smallest absolute Gasteiger partial charge is 0.157 e. The molecule has 0 radical (unpaired) electrons. The molecular formula is C13H20N2O2. The molecule has 0 spiro atoms. The van der Waals surface area contributed by atoms with Crippen molar-refractivity contribution in [2.24, 2.45) is 0 Å². The van der Waals surface area contributed by atoms with Crippen LogP contribution in [0.5, 0.6) is 5.75 Å². The molecule has 0 N–H and O–H groups in total. The maximum absolute atomic E-state index is 11.2. The summed E-state index contributed by atoms with van der Waals surface area (Å²) in [6.45, 7) is 8.32. The first-order valence-electron chi connectivity index (χ1n) is 5.79. The van der Waals surface area contributed by atoms with Crippen molar-refractivity contribution in [1.29, 1.82) is 0 Å². The van der Waals surface area contributed by atoms with E-state index in [-0.39, 0.29) is 12.1 Å². The van der Waals surface area contributed by atoms with E-state index in [9.17, 15) is 4.79 Å². The zero-order valence-corrected chi connectivity index (χ0v) is 11.1. The molecule has 0 bridgehead atoms. The molecule has 4 nitrogen and oxygen atoms in total. The fraction of sp³-hybridized carbons (Fsp3) is 0.538. The minimum Gasteiger partial charge on any atom is -0.496 e. The average Bonchev–Trinajstić information content (AvgIpc) is 2.27. The number of carbonyl (C=O) groups is 1. The fourth-order valence-corrected chi connectivity index (χ4v) is 2.03. The molecule has 0 aromatic carbocycles. The SMILES string of the molecule is COc1ccnc(N(C(C)C)C(C)C)c1C=O. The van der Waals surface area contributed by atoms with E-state index in [2.05, 4.69) is 37.6 Å². The number of hydrogen-bond donors (Lipinski definition) is 0. The van der Waals surface area contributed by atoms with Crippen LogP contribution in [0.25, 0.3) is 0 Å². The molecule has 0 saturated carbocycles. The van der Waals surface area contributed by atoms with Crippen molar-refractivity contribution in [3.63, 3.8) is 0 Å². The van der Waals surface area contributed by atoms with Crippen LogP contribution < -0.4 is 9.64 Å². The lowest BCUT2D eigenvalue weighted by Crippen LogP contribution is -2.38. The molecule has 0 saturated heterocycles. The number of pyridine rings is 1. The monoisotopic (exact) mass is 236 g/mol. The Bertz CT molecular complexity index is 381. The van der Waals surface area contributed by atoms with Crippen LogP contribution in [0.4, 0.5) is 5.82 Å². The summed E-state index contributed by atoms with van der Waals surface area (Å²) in [6.07, 6.45) is 2.47. The third-order valence-electron chi connectivity index (χ3n) is 2.62. The van der Waals surface area contributed by atoms with E-state index < -0.39 is 0 Å². The summed E-state index contributed by atoms with van der Waals surface area (Å²) >= 11 is 0. The first-order chi connectivity index (χ1) is 8.02. The molecule has 1 rings (SSSR count). The zero-order valence-electron chi connectivity index (χ0n) is 11.1. The topological polar surface area (TPSA) is 42.4 Å². The molecule has 94 valence electrons. The van der Waals surface area contributed by atoms with Gasteiger partial charge in [-0.3, -0.25) is 4.79 Å². The Hall–Kier alpha value is -1.58. The van der Waals surface area contributed by atoms with Gasteiger partial charge in [-0.2, -0.15) is 0 Å². The van der Waals surface area contributed by atoms with Gasteiger partial charge in [0, 0.05) is 18.3 Å². The molecule has 4 heteroatoms. The lowest BCUT2D eigenvalue weighted by molar-refractivity contribution is 0.112. The van der Waals surface area contributed by atoms with E-state index in [0.717, 1.165) is 6.29 Å². The normalized spacial score (nSPS) is 10.8. The van der Waals surface area contributed by atoms with Crippen LogP contribution >= 0.6 is 0 Å². The number of methoxy groups -OCH3 is 1. The highest BCUT2D eigenvalue weighted by Crippen LogP contribution is 2.27. The third-order valence-corrected chi connectivity index (χ3v) is 2.62. The van der Waals surface area contributed by atoms with E-state index in [1.54, 1.807) is 19.4 Å². The Kier molecular flexibility index (Phi) is 4.49. The summed E-state index contributed by atoms with van der Waals surface area (Å²) in [5, 5.41) is 0. The molecular weight excluding hydrogens is 216 g/mol. The van der Waals surface area contributed by atoms with Gasteiger partial charge in [-0.25, -0.2) is 4.98 Å². The van der Waals surface area contributed by atoms with E-state index in [0.29, 0.717) is 17.1 Å². The van der Waals surface area contributed by atoms with Crippen molar-refractivity contribution in [1.82, 2.24) is 4.98 Å². The highest BCUT2D eigenvalue weighted by atomic mass is 16.5. The zero-order chi connectivity index (χ0) is 13.0. The van der Waals surface area contributed by atoms with Gasteiger partial charge in [0.15, 0.2) is 6.29 Å². The second kappa shape index (κ2) is 5.66. The molecule has 0 amide bonds. The Labute approximate surface area is 103 Å². The number of aromatic nitrogens is 1. The Morgan fingerprint density at radius 1 is 1.29 bits per heavy atom. The molecule has 1 heterocycles. The highest BCUT2D eigenvalue weighted by Gasteiger charge is 2.21. The molecule has 0 atom stereocenters. The molecule has 0 aliphatic carbocycles. The summed E-state index contributed by atoms with van der Waals surface area (Å²) in [6, 6.07) is 2.24. The maximum atomic E-state index is 11.2. The minimum absolute atomic E-state index is 0.272. The van der Waals surface area contributed by atoms with Crippen molar-refractivity contribution >= 4 is 12.1 Å². The van der Waals surface area contributed by atoms with Crippen LogP contribution in [-0.2, 0) is 0 Å². The molecule has 17 heavy (non-hydrogen) atoms. The van der Waals surface area contributed by atoms with Crippen molar-refractivity contribution in [2.45, 2.75) is 39.8 Å². The first kappa shape index (κ1) is 13.5. The molecule has 0 unspecified atom stereocenters. The quantitative estimate of drug-likeness (QED) is 0.737. The first-order valence-corrected chi connectivity index (χ1v) is 5.79. The second-order valence-corrected chi connectivity index (χ2v) is 4.46.